The van der Waals surface area contributed by atoms with Crippen LogP contribution >= 0.6 is 23.4 Å². The number of aliphatic hydroxyl groups excluding tert-OH is 1. The van der Waals surface area contributed by atoms with Crippen LogP contribution in [0.1, 0.15) is 42.0 Å². The molecule has 1 N–H and O–H groups in total. The van der Waals surface area contributed by atoms with Crippen LogP contribution in [0.15, 0.2) is 72.8 Å². The molecule has 2 saturated heterocycles. The van der Waals surface area contributed by atoms with E-state index >= 15 is 0 Å². The van der Waals surface area contributed by atoms with Crippen LogP contribution in [0.3, 0.4) is 0 Å². The van der Waals surface area contributed by atoms with Gasteiger partial charge in [0, 0.05) is 23.6 Å². The molecule has 0 radical (unpaired) electrons. The Bertz CT molecular complexity index is 1140. The average molecular weight is 511 g/mol. The molecular formula is C29H31ClO4S. The first kappa shape index (κ1) is 24.7. The van der Waals surface area contributed by atoms with Gasteiger partial charge in [-0.1, -0.05) is 66.2 Å². The summed E-state index contributed by atoms with van der Waals surface area (Å²) in [4.78, 5) is -0.555. The average Bonchev–Trinajstić information content (AvgIpc) is 3.18. The Hall–Kier alpha value is -2.02. The second-order valence-corrected chi connectivity index (χ2v) is 11.0. The maximum atomic E-state index is 10.3. The molecule has 35 heavy (non-hydrogen) atoms. The second-order valence-electron chi connectivity index (χ2n) is 9.37. The molecule has 3 atom stereocenters. The Morgan fingerprint density at radius 2 is 1.83 bits per heavy atom. The lowest BCUT2D eigenvalue weighted by Gasteiger charge is -2.42. The molecule has 184 valence electrons. The van der Waals surface area contributed by atoms with Gasteiger partial charge in [-0.3, -0.25) is 0 Å². The maximum absolute atomic E-state index is 10.3. The molecule has 2 aliphatic heterocycles. The van der Waals surface area contributed by atoms with Crippen molar-refractivity contribution in [3.05, 3.63) is 100 Å². The third-order valence-corrected chi connectivity index (χ3v) is 8.77. The van der Waals surface area contributed by atoms with Crippen LogP contribution in [0.5, 0.6) is 5.75 Å². The molecule has 0 aliphatic carbocycles. The number of benzene rings is 3. The van der Waals surface area contributed by atoms with Gasteiger partial charge < -0.3 is 19.3 Å². The molecule has 0 aromatic heterocycles. The van der Waals surface area contributed by atoms with Crippen LogP contribution in [0.4, 0.5) is 0 Å². The summed E-state index contributed by atoms with van der Waals surface area (Å²) >= 11 is 8.40. The van der Waals surface area contributed by atoms with Gasteiger partial charge >= 0.3 is 0 Å². The van der Waals surface area contributed by atoms with E-state index in [1.165, 1.54) is 5.56 Å². The summed E-state index contributed by atoms with van der Waals surface area (Å²) < 4.78 is 18.6. The van der Waals surface area contributed by atoms with Crippen LogP contribution in [0, 0.1) is 0 Å². The van der Waals surface area contributed by atoms with Crippen LogP contribution in [0.2, 0.25) is 5.02 Å². The minimum absolute atomic E-state index is 0.00339. The molecule has 0 amide bonds. The van der Waals surface area contributed by atoms with Crippen LogP contribution < -0.4 is 4.74 Å². The van der Waals surface area contributed by atoms with Crippen molar-refractivity contribution < 1.29 is 19.3 Å². The molecule has 2 fully saturated rings. The minimum atomic E-state index is -0.584. The van der Waals surface area contributed by atoms with Crippen LogP contribution in [-0.4, -0.2) is 35.8 Å². The topological polar surface area (TPSA) is 47.9 Å². The van der Waals surface area contributed by atoms with E-state index in [0.29, 0.717) is 19.6 Å². The second kappa shape index (κ2) is 10.5. The number of hydrogen-bond acceptors (Lipinski definition) is 5. The largest absolute Gasteiger partial charge is 0.494 e. The number of fused-ring (bicyclic) bond motifs is 2. The summed E-state index contributed by atoms with van der Waals surface area (Å²) in [5.74, 6) is 1.61. The monoisotopic (exact) mass is 510 g/mol. The molecule has 6 heteroatoms. The van der Waals surface area contributed by atoms with Crippen molar-refractivity contribution in [2.75, 3.05) is 19.0 Å². The molecule has 0 saturated carbocycles. The van der Waals surface area contributed by atoms with Crippen molar-refractivity contribution in [1.29, 1.82) is 0 Å². The molecule has 3 unspecified atom stereocenters. The van der Waals surface area contributed by atoms with E-state index in [9.17, 15) is 5.11 Å². The van der Waals surface area contributed by atoms with E-state index in [2.05, 4.69) is 36.4 Å². The van der Waals surface area contributed by atoms with Gasteiger partial charge in [-0.25, -0.2) is 0 Å². The number of rotatable bonds is 9. The fourth-order valence-electron chi connectivity index (χ4n) is 4.99. The maximum Gasteiger partial charge on any atom is 0.142 e. The van der Waals surface area contributed by atoms with Crippen LogP contribution in [0.25, 0.3) is 0 Å². The fourth-order valence-corrected chi connectivity index (χ4v) is 6.77. The molecule has 2 aliphatic rings. The standard InChI is InChI=1S/C29H31ClO4S/c1-2-32-25-11-8-21(9-12-25)14-23-15-24(10-13-27(23)30)29-17-26(16-28(19-31,34-29)20-35-29)33-18-22-6-4-3-5-7-22/h3-13,15,26,31H,2,14,16-20H2,1H3. The highest BCUT2D eigenvalue weighted by molar-refractivity contribution is 8.00. The lowest BCUT2D eigenvalue weighted by atomic mass is 9.88. The molecule has 5 rings (SSSR count). The van der Waals surface area contributed by atoms with Crippen molar-refractivity contribution in [3.8, 4) is 5.75 Å². The van der Waals surface area contributed by atoms with Crippen LogP contribution in [-0.2, 0) is 27.4 Å². The zero-order chi connectivity index (χ0) is 24.3. The Balaban J connectivity index is 1.37. The number of hydrogen-bond donors (Lipinski definition) is 1. The number of halogens is 1. The molecule has 0 spiro atoms. The molecule has 3 aromatic carbocycles. The Morgan fingerprint density at radius 1 is 1.03 bits per heavy atom. The van der Waals surface area contributed by atoms with Crippen molar-refractivity contribution in [1.82, 2.24) is 0 Å². The van der Waals surface area contributed by atoms with E-state index in [0.717, 1.165) is 46.1 Å². The van der Waals surface area contributed by atoms with Crippen molar-refractivity contribution in [3.63, 3.8) is 0 Å². The van der Waals surface area contributed by atoms with E-state index in [-0.39, 0.29) is 12.7 Å². The molecular weight excluding hydrogens is 480 g/mol. The van der Waals surface area contributed by atoms with Gasteiger partial charge in [-0.15, -0.1) is 11.8 Å². The Labute approximate surface area is 216 Å². The third kappa shape index (κ3) is 5.40. The number of thioether (sulfide) groups is 1. The summed E-state index contributed by atoms with van der Waals surface area (Å²) in [6.07, 6.45) is 2.14. The molecule has 2 heterocycles. The highest BCUT2D eigenvalue weighted by Gasteiger charge is 2.57. The Kier molecular flexibility index (Phi) is 7.42. The summed E-state index contributed by atoms with van der Waals surface area (Å²) in [6.45, 7) is 3.17. The van der Waals surface area contributed by atoms with E-state index in [1.807, 2.05) is 43.3 Å². The fraction of sp³-hybridized carbons (Fsp3) is 0.379. The molecule has 3 aromatic rings. The molecule has 4 nitrogen and oxygen atoms in total. The van der Waals surface area contributed by atoms with Crippen molar-refractivity contribution >= 4 is 23.4 Å². The predicted molar refractivity (Wildman–Crippen MR) is 141 cm³/mol. The van der Waals surface area contributed by atoms with Gasteiger partial charge in [-0.05, 0) is 53.8 Å². The first-order valence-electron chi connectivity index (χ1n) is 12.1. The van der Waals surface area contributed by atoms with Gasteiger partial charge in [0.2, 0.25) is 0 Å². The SMILES string of the molecule is CCOc1ccc(Cc2cc(C34CC(OCc5ccccc5)CC(CO)(CS3)O4)ccc2Cl)cc1. The van der Waals surface area contributed by atoms with Gasteiger partial charge in [0.05, 0.1) is 25.9 Å². The summed E-state index contributed by atoms with van der Waals surface area (Å²) in [5.41, 5.74) is 3.87. The smallest absolute Gasteiger partial charge is 0.142 e. The van der Waals surface area contributed by atoms with Gasteiger partial charge in [0.25, 0.3) is 0 Å². The van der Waals surface area contributed by atoms with E-state index in [4.69, 9.17) is 25.8 Å². The minimum Gasteiger partial charge on any atom is -0.494 e. The van der Waals surface area contributed by atoms with Gasteiger partial charge in [-0.2, -0.15) is 0 Å². The van der Waals surface area contributed by atoms with Gasteiger partial charge in [0.1, 0.15) is 16.3 Å². The first-order valence-corrected chi connectivity index (χ1v) is 13.5. The summed E-state index contributed by atoms with van der Waals surface area (Å²) in [6, 6.07) is 24.6. The zero-order valence-corrected chi connectivity index (χ0v) is 21.5. The van der Waals surface area contributed by atoms with E-state index in [1.54, 1.807) is 11.8 Å². The highest BCUT2D eigenvalue weighted by atomic mass is 35.5. The van der Waals surface area contributed by atoms with Crippen molar-refractivity contribution in [2.45, 2.75) is 49.4 Å². The normalized spacial score (nSPS) is 25.5. The highest BCUT2D eigenvalue weighted by Crippen LogP contribution is 2.57. The number of ether oxygens (including phenoxy) is 3. The predicted octanol–water partition coefficient (Wildman–Crippen LogP) is 6.36. The van der Waals surface area contributed by atoms with Crippen molar-refractivity contribution in [2.24, 2.45) is 0 Å². The summed E-state index contributed by atoms with van der Waals surface area (Å²) in [5, 5.41) is 11.0. The lowest BCUT2D eigenvalue weighted by molar-refractivity contribution is -0.185. The lowest BCUT2D eigenvalue weighted by Crippen LogP contribution is -2.48. The zero-order valence-electron chi connectivity index (χ0n) is 19.9. The van der Waals surface area contributed by atoms with Gasteiger partial charge in [0.15, 0.2) is 0 Å². The molecule has 2 bridgehead atoms. The first-order chi connectivity index (χ1) is 17.0. The third-order valence-electron chi connectivity index (χ3n) is 6.78. The van der Waals surface area contributed by atoms with E-state index < -0.39 is 10.5 Å². The quantitative estimate of drug-likeness (QED) is 0.363. The number of aliphatic hydroxyl groups is 1. The summed E-state index contributed by atoms with van der Waals surface area (Å²) in [7, 11) is 0. The Morgan fingerprint density at radius 3 is 2.57 bits per heavy atom.